The van der Waals surface area contributed by atoms with E-state index in [2.05, 4.69) is 76.4 Å². The molecule has 0 radical (unpaired) electrons. The van der Waals surface area contributed by atoms with Crippen LogP contribution in [0.1, 0.15) is 31.0 Å². The fourth-order valence-corrected chi connectivity index (χ4v) is 2.93. The first-order chi connectivity index (χ1) is 15.5. The number of nitrogens with zero attached hydrogens (tertiary/aromatic N) is 1. The SMILES string of the molecule is CCCCNCC(=O)NCC(=O)NCc1ccc(N)nc1C.c1ccc2ccccc2c1. The molecule has 7 nitrogen and oxygen atoms in total. The van der Waals surface area contributed by atoms with Crippen LogP contribution in [0.25, 0.3) is 10.8 Å². The molecule has 0 atom stereocenters. The number of aromatic nitrogens is 1. The molecule has 32 heavy (non-hydrogen) atoms. The molecular formula is C25H33N5O2. The highest BCUT2D eigenvalue weighted by molar-refractivity contribution is 5.85. The van der Waals surface area contributed by atoms with Crippen LogP contribution >= 0.6 is 0 Å². The molecule has 0 saturated heterocycles. The van der Waals surface area contributed by atoms with Crippen LogP contribution in [0.3, 0.4) is 0 Å². The van der Waals surface area contributed by atoms with Crippen LogP contribution in [0.5, 0.6) is 0 Å². The lowest BCUT2D eigenvalue weighted by atomic mass is 10.1. The van der Waals surface area contributed by atoms with Crippen LogP contribution in [0, 0.1) is 6.92 Å². The van der Waals surface area contributed by atoms with Gasteiger partial charge in [-0.05, 0) is 42.3 Å². The number of hydrogen-bond acceptors (Lipinski definition) is 5. The van der Waals surface area contributed by atoms with Gasteiger partial charge in [-0.25, -0.2) is 4.98 Å². The third-order valence-electron chi connectivity index (χ3n) is 4.79. The average Bonchev–Trinajstić information content (AvgIpc) is 2.80. The summed E-state index contributed by atoms with van der Waals surface area (Å²) < 4.78 is 0. The normalized spacial score (nSPS) is 10.2. The number of carbonyl (C=O) groups excluding carboxylic acids is 2. The first kappa shape index (κ1) is 24.8. The fraction of sp³-hybridized carbons (Fsp3) is 0.320. The summed E-state index contributed by atoms with van der Waals surface area (Å²) in [6, 6.07) is 20.2. The third-order valence-corrected chi connectivity index (χ3v) is 4.79. The second-order valence-corrected chi connectivity index (χ2v) is 7.41. The van der Waals surface area contributed by atoms with Gasteiger partial charge < -0.3 is 21.7 Å². The molecule has 0 spiro atoms. The van der Waals surface area contributed by atoms with E-state index in [9.17, 15) is 9.59 Å². The smallest absolute Gasteiger partial charge is 0.239 e. The number of anilines is 1. The van der Waals surface area contributed by atoms with Crippen LogP contribution in [-0.2, 0) is 16.1 Å². The highest BCUT2D eigenvalue weighted by atomic mass is 16.2. The predicted molar refractivity (Wildman–Crippen MR) is 130 cm³/mol. The minimum absolute atomic E-state index is 0.0320. The van der Waals surface area contributed by atoms with Crippen LogP contribution in [0.4, 0.5) is 5.82 Å². The Hall–Kier alpha value is -3.45. The van der Waals surface area contributed by atoms with Gasteiger partial charge in [-0.3, -0.25) is 9.59 Å². The van der Waals surface area contributed by atoms with E-state index in [-0.39, 0.29) is 24.9 Å². The molecular weight excluding hydrogens is 402 g/mol. The number of nitrogens with one attached hydrogen (secondary N) is 3. The van der Waals surface area contributed by atoms with E-state index >= 15 is 0 Å². The van der Waals surface area contributed by atoms with Crippen molar-refractivity contribution in [1.29, 1.82) is 0 Å². The zero-order valence-electron chi connectivity index (χ0n) is 18.9. The van der Waals surface area contributed by atoms with Gasteiger partial charge in [0.05, 0.1) is 13.1 Å². The molecule has 2 amide bonds. The number of rotatable bonds is 9. The standard InChI is InChI=1S/C15H25N5O2.C10H8/c1-3-4-7-17-9-14(21)19-10-15(22)18-8-12-5-6-13(16)20-11(12)2;1-2-6-10-8-4-3-7-9(10)5-1/h5-6,17H,3-4,7-10H2,1-2H3,(H2,16,20)(H,18,22)(H,19,21);1-8H. The molecule has 7 heteroatoms. The maximum atomic E-state index is 11.7. The number of nitrogens with two attached hydrogens (primary N) is 1. The molecule has 3 aromatic rings. The summed E-state index contributed by atoms with van der Waals surface area (Å²) in [4.78, 5) is 27.3. The number of unbranched alkanes of at least 4 members (excludes halogenated alkanes) is 1. The van der Waals surface area contributed by atoms with Crippen LogP contribution in [0.2, 0.25) is 0 Å². The Morgan fingerprint density at radius 1 is 0.875 bits per heavy atom. The van der Waals surface area contributed by atoms with E-state index < -0.39 is 0 Å². The summed E-state index contributed by atoms with van der Waals surface area (Å²) in [7, 11) is 0. The lowest BCUT2D eigenvalue weighted by molar-refractivity contribution is -0.125. The van der Waals surface area contributed by atoms with Crippen molar-refractivity contribution in [2.75, 3.05) is 25.4 Å². The van der Waals surface area contributed by atoms with Crippen LogP contribution in [0.15, 0.2) is 60.7 Å². The Morgan fingerprint density at radius 2 is 1.47 bits per heavy atom. The van der Waals surface area contributed by atoms with Gasteiger partial charge in [-0.2, -0.15) is 0 Å². The number of carbonyl (C=O) groups is 2. The monoisotopic (exact) mass is 435 g/mol. The topological polar surface area (TPSA) is 109 Å². The summed E-state index contributed by atoms with van der Waals surface area (Å²) in [5.74, 6) is 0.0325. The van der Waals surface area contributed by atoms with Gasteiger partial charge in [0.15, 0.2) is 0 Å². The molecule has 0 bridgehead atoms. The van der Waals surface area contributed by atoms with Crippen molar-refractivity contribution < 1.29 is 9.59 Å². The Bertz CT molecular complexity index is 941. The fourth-order valence-electron chi connectivity index (χ4n) is 2.93. The van der Waals surface area contributed by atoms with Gasteiger partial charge in [-0.15, -0.1) is 0 Å². The molecule has 0 fully saturated rings. The van der Waals surface area contributed by atoms with Crippen molar-refractivity contribution >= 4 is 28.4 Å². The number of fused-ring (bicyclic) bond motifs is 1. The van der Waals surface area contributed by atoms with Crippen molar-refractivity contribution in [1.82, 2.24) is 20.9 Å². The van der Waals surface area contributed by atoms with Gasteiger partial charge in [-0.1, -0.05) is 67.9 Å². The Kier molecular flexibility index (Phi) is 10.7. The van der Waals surface area contributed by atoms with E-state index in [1.165, 1.54) is 10.8 Å². The summed E-state index contributed by atoms with van der Waals surface area (Å²) in [6.45, 7) is 5.29. The number of hydrogen-bond donors (Lipinski definition) is 4. The predicted octanol–water partition coefficient (Wildman–Crippen LogP) is 2.93. The number of benzene rings is 2. The molecule has 170 valence electrons. The summed E-state index contributed by atoms with van der Waals surface area (Å²) in [5, 5.41) is 10.9. The molecule has 0 aliphatic carbocycles. The number of pyridine rings is 1. The molecule has 0 aliphatic heterocycles. The van der Waals surface area contributed by atoms with Gasteiger partial charge >= 0.3 is 0 Å². The third kappa shape index (κ3) is 9.14. The minimum atomic E-state index is -0.238. The van der Waals surface area contributed by atoms with Gasteiger partial charge in [0, 0.05) is 12.2 Å². The molecule has 3 rings (SSSR count). The first-order valence-corrected chi connectivity index (χ1v) is 10.9. The molecule has 1 aromatic heterocycles. The van der Waals surface area contributed by atoms with Gasteiger partial charge in [0.2, 0.25) is 11.8 Å². The molecule has 5 N–H and O–H groups in total. The zero-order valence-corrected chi connectivity index (χ0v) is 18.9. The number of amides is 2. The summed E-state index contributed by atoms with van der Waals surface area (Å²) in [5.41, 5.74) is 7.25. The Labute approximate surface area is 189 Å². The van der Waals surface area contributed by atoms with E-state index in [1.54, 1.807) is 6.07 Å². The quantitative estimate of drug-likeness (QED) is 0.387. The number of aryl methyl sites for hydroxylation is 1. The molecule has 0 saturated carbocycles. The Balaban J connectivity index is 0.000000297. The lowest BCUT2D eigenvalue weighted by Gasteiger charge is -2.09. The Morgan fingerprint density at radius 3 is 2.03 bits per heavy atom. The molecule has 0 aliphatic rings. The van der Waals surface area contributed by atoms with Crippen molar-refractivity contribution in [3.8, 4) is 0 Å². The maximum absolute atomic E-state index is 11.7. The summed E-state index contributed by atoms with van der Waals surface area (Å²) >= 11 is 0. The highest BCUT2D eigenvalue weighted by Gasteiger charge is 2.06. The average molecular weight is 436 g/mol. The first-order valence-electron chi connectivity index (χ1n) is 10.9. The van der Waals surface area contributed by atoms with Crippen molar-refractivity contribution in [2.45, 2.75) is 33.2 Å². The largest absolute Gasteiger partial charge is 0.384 e. The molecule has 1 heterocycles. The van der Waals surface area contributed by atoms with Crippen molar-refractivity contribution in [2.24, 2.45) is 0 Å². The second-order valence-electron chi connectivity index (χ2n) is 7.41. The molecule has 2 aromatic carbocycles. The van der Waals surface area contributed by atoms with Gasteiger partial charge in [0.1, 0.15) is 5.82 Å². The van der Waals surface area contributed by atoms with E-state index in [0.29, 0.717) is 12.4 Å². The van der Waals surface area contributed by atoms with Crippen molar-refractivity contribution in [3.63, 3.8) is 0 Å². The highest BCUT2D eigenvalue weighted by Crippen LogP contribution is 2.11. The van der Waals surface area contributed by atoms with Crippen molar-refractivity contribution in [3.05, 3.63) is 71.9 Å². The summed E-state index contributed by atoms with van der Waals surface area (Å²) in [6.07, 6.45) is 2.11. The minimum Gasteiger partial charge on any atom is -0.384 e. The van der Waals surface area contributed by atoms with Crippen LogP contribution in [-0.4, -0.2) is 36.4 Å². The second kappa shape index (κ2) is 13.8. The number of nitrogen functional groups attached to an aromatic ring is 1. The van der Waals surface area contributed by atoms with Crippen LogP contribution < -0.4 is 21.7 Å². The zero-order chi connectivity index (χ0) is 23.2. The van der Waals surface area contributed by atoms with E-state index in [1.807, 2.05) is 13.0 Å². The van der Waals surface area contributed by atoms with E-state index in [4.69, 9.17) is 5.73 Å². The van der Waals surface area contributed by atoms with Gasteiger partial charge in [0.25, 0.3) is 0 Å². The lowest BCUT2D eigenvalue weighted by Crippen LogP contribution is -2.40. The van der Waals surface area contributed by atoms with E-state index in [0.717, 1.165) is 30.6 Å². The maximum Gasteiger partial charge on any atom is 0.239 e. The molecule has 0 unspecified atom stereocenters.